The topological polar surface area (TPSA) is 62.6 Å². The van der Waals surface area contributed by atoms with Crippen LogP contribution in [0.3, 0.4) is 0 Å². The van der Waals surface area contributed by atoms with Gasteiger partial charge in [-0.1, -0.05) is 5.57 Å². The second-order valence-corrected chi connectivity index (χ2v) is 8.48. The molecule has 122 valence electrons. The molecule has 1 saturated heterocycles. The molecule has 1 aromatic rings. The van der Waals surface area contributed by atoms with Gasteiger partial charge in [0.25, 0.3) is 0 Å². The van der Waals surface area contributed by atoms with Gasteiger partial charge in [-0.2, -0.15) is 0 Å². The Bertz CT molecular complexity index is 632. The van der Waals surface area contributed by atoms with Crippen molar-refractivity contribution in [2.24, 2.45) is 11.8 Å². The zero-order valence-corrected chi connectivity index (χ0v) is 14.0. The van der Waals surface area contributed by atoms with E-state index in [-0.39, 0.29) is 6.04 Å². The third-order valence-corrected chi connectivity index (χ3v) is 5.17. The lowest BCUT2D eigenvalue weighted by atomic mass is 9.99. The Kier molecular flexibility index (Phi) is 4.43. The number of hydrogen-bond donors (Lipinski definition) is 1. The maximum atomic E-state index is 11.6. The lowest BCUT2D eigenvalue weighted by Gasteiger charge is -2.17. The lowest BCUT2D eigenvalue weighted by molar-refractivity contribution is 0.342. The van der Waals surface area contributed by atoms with Crippen LogP contribution in [0.5, 0.6) is 0 Å². The fourth-order valence-corrected chi connectivity index (χ4v) is 4.26. The van der Waals surface area contributed by atoms with Crippen molar-refractivity contribution in [2.45, 2.75) is 25.8 Å². The Balaban J connectivity index is 1.63. The quantitative estimate of drug-likeness (QED) is 0.869. The Morgan fingerprint density at radius 2 is 2.23 bits per heavy atom. The molecule has 6 heteroatoms. The van der Waals surface area contributed by atoms with E-state index in [0.29, 0.717) is 11.8 Å². The van der Waals surface area contributed by atoms with E-state index in [0.717, 1.165) is 25.4 Å². The molecule has 22 heavy (non-hydrogen) atoms. The Morgan fingerprint density at radius 1 is 1.45 bits per heavy atom. The van der Waals surface area contributed by atoms with E-state index >= 15 is 0 Å². The smallest absolute Gasteiger partial charge is 0.209 e. The van der Waals surface area contributed by atoms with E-state index in [1.165, 1.54) is 24.7 Å². The van der Waals surface area contributed by atoms with Crippen LogP contribution in [-0.4, -0.2) is 45.2 Å². The monoisotopic (exact) mass is 324 g/mol. The lowest BCUT2D eigenvalue weighted by Crippen LogP contribution is -2.40. The second-order valence-electron chi connectivity index (χ2n) is 6.70. The summed E-state index contributed by atoms with van der Waals surface area (Å²) in [6.45, 7) is 4.70. The first kappa shape index (κ1) is 15.8. The van der Waals surface area contributed by atoms with Crippen LogP contribution in [0.15, 0.2) is 28.4 Å². The van der Waals surface area contributed by atoms with Crippen molar-refractivity contribution < 1.29 is 12.8 Å². The summed E-state index contributed by atoms with van der Waals surface area (Å²) in [4.78, 5) is 2.35. The highest BCUT2D eigenvalue weighted by Gasteiger charge is 2.43. The standard InChI is InChI=1S/C16H24N2O3S/c1-12(8-14-4-3-7-21-14)9-18-10-15(13-5-6-13)16(11-18)17-22(2,19)20/h3-4,7-8,13,15-17H,5-6,9-11H2,1-2H3/b12-8+/t15-,16+/m0/s1. The molecule has 1 saturated carbocycles. The van der Waals surface area contributed by atoms with Crippen molar-refractivity contribution >= 4 is 16.1 Å². The Labute approximate surface area is 132 Å². The van der Waals surface area contributed by atoms with Crippen molar-refractivity contribution in [3.05, 3.63) is 29.7 Å². The molecule has 0 radical (unpaired) electrons. The molecule has 0 bridgehead atoms. The summed E-state index contributed by atoms with van der Waals surface area (Å²) in [6.07, 6.45) is 7.44. The third-order valence-electron chi connectivity index (χ3n) is 4.44. The van der Waals surface area contributed by atoms with Gasteiger partial charge < -0.3 is 4.42 Å². The van der Waals surface area contributed by atoms with Crippen LogP contribution in [0.1, 0.15) is 25.5 Å². The largest absolute Gasteiger partial charge is 0.465 e. The first-order chi connectivity index (χ1) is 10.4. The van der Waals surface area contributed by atoms with E-state index in [4.69, 9.17) is 4.42 Å². The number of sulfonamides is 1. The van der Waals surface area contributed by atoms with E-state index in [1.54, 1.807) is 6.26 Å². The summed E-state index contributed by atoms with van der Waals surface area (Å²) in [7, 11) is -3.15. The van der Waals surface area contributed by atoms with Gasteiger partial charge in [0.1, 0.15) is 5.76 Å². The Hall–Kier alpha value is -1.11. The van der Waals surface area contributed by atoms with Gasteiger partial charge in [0.15, 0.2) is 0 Å². The SMILES string of the molecule is C/C(=C\c1ccco1)CN1C[C@@H](NS(C)(=O)=O)[C@H](C2CC2)C1. The molecule has 1 aromatic heterocycles. The van der Waals surface area contributed by atoms with Gasteiger partial charge >= 0.3 is 0 Å². The van der Waals surface area contributed by atoms with Crippen LogP contribution in [0.2, 0.25) is 0 Å². The summed E-state index contributed by atoms with van der Waals surface area (Å²) in [5.74, 6) is 2.01. The van der Waals surface area contributed by atoms with Gasteiger partial charge in [-0.3, -0.25) is 4.90 Å². The van der Waals surface area contributed by atoms with Crippen molar-refractivity contribution in [3.8, 4) is 0 Å². The molecule has 1 N–H and O–H groups in total. The zero-order chi connectivity index (χ0) is 15.7. The summed E-state index contributed by atoms with van der Waals surface area (Å²) >= 11 is 0. The first-order valence-corrected chi connectivity index (χ1v) is 9.70. The van der Waals surface area contributed by atoms with Gasteiger partial charge in [0, 0.05) is 25.7 Å². The Morgan fingerprint density at radius 3 is 2.82 bits per heavy atom. The maximum Gasteiger partial charge on any atom is 0.209 e. The van der Waals surface area contributed by atoms with Crippen LogP contribution < -0.4 is 4.72 Å². The molecule has 2 aliphatic rings. The normalized spacial score (nSPS) is 27.5. The number of likely N-dealkylation sites (tertiary alicyclic amines) is 1. The molecule has 0 spiro atoms. The average Bonchev–Trinajstić information content (AvgIpc) is 2.98. The maximum absolute atomic E-state index is 11.6. The van der Waals surface area contributed by atoms with Crippen LogP contribution >= 0.6 is 0 Å². The highest BCUT2D eigenvalue weighted by atomic mass is 32.2. The van der Waals surface area contributed by atoms with Crippen LogP contribution in [0.4, 0.5) is 0 Å². The van der Waals surface area contributed by atoms with Gasteiger partial charge in [-0.25, -0.2) is 13.1 Å². The molecule has 5 nitrogen and oxygen atoms in total. The number of nitrogens with zero attached hydrogens (tertiary/aromatic N) is 1. The van der Waals surface area contributed by atoms with Crippen molar-refractivity contribution in [2.75, 3.05) is 25.9 Å². The summed E-state index contributed by atoms with van der Waals surface area (Å²) < 4.78 is 31.3. The van der Waals surface area contributed by atoms with Crippen LogP contribution in [-0.2, 0) is 10.0 Å². The number of nitrogens with one attached hydrogen (secondary N) is 1. The van der Waals surface area contributed by atoms with E-state index in [2.05, 4.69) is 16.5 Å². The molecule has 0 aromatic carbocycles. The number of furan rings is 1. The molecule has 3 rings (SSSR count). The predicted molar refractivity (Wildman–Crippen MR) is 86.8 cm³/mol. The molecule has 2 atom stereocenters. The highest BCUT2D eigenvalue weighted by Crippen LogP contribution is 2.41. The third kappa shape index (κ3) is 4.21. The average molecular weight is 324 g/mol. The molecule has 1 aliphatic heterocycles. The fourth-order valence-electron chi connectivity index (χ4n) is 3.46. The van der Waals surface area contributed by atoms with Crippen molar-refractivity contribution in [3.63, 3.8) is 0 Å². The van der Waals surface area contributed by atoms with Gasteiger partial charge in [0.05, 0.1) is 12.5 Å². The zero-order valence-electron chi connectivity index (χ0n) is 13.2. The van der Waals surface area contributed by atoms with Crippen LogP contribution in [0.25, 0.3) is 6.08 Å². The highest BCUT2D eigenvalue weighted by molar-refractivity contribution is 7.88. The summed E-state index contributed by atoms with van der Waals surface area (Å²) in [5.41, 5.74) is 1.23. The van der Waals surface area contributed by atoms with E-state index in [9.17, 15) is 8.42 Å². The van der Waals surface area contributed by atoms with Crippen molar-refractivity contribution in [1.29, 1.82) is 0 Å². The van der Waals surface area contributed by atoms with Crippen LogP contribution in [0, 0.1) is 11.8 Å². The molecular formula is C16H24N2O3S. The molecule has 2 heterocycles. The molecule has 0 unspecified atom stereocenters. The van der Waals surface area contributed by atoms with Gasteiger partial charge in [-0.05, 0) is 49.8 Å². The number of hydrogen-bond acceptors (Lipinski definition) is 4. The molecule has 2 fully saturated rings. The van der Waals surface area contributed by atoms with Crippen molar-refractivity contribution in [1.82, 2.24) is 9.62 Å². The molecule has 0 amide bonds. The second kappa shape index (κ2) is 6.18. The number of rotatable bonds is 6. The molecule has 1 aliphatic carbocycles. The summed E-state index contributed by atoms with van der Waals surface area (Å²) in [5, 5.41) is 0. The molecular weight excluding hydrogens is 300 g/mol. The first-order valence-electron chi connectivity index (χ1n) is 7.81. The fraction of sp³-hybridized carbons (Fsp3) is 0.625. The van der Waals surface area contributed by atoms with Gasteiger partial charge in [0.2, 0.25) is 10.0 Å². The van der Waals surface area contributed by atoms with Gasteiger partial charge in [-0.15, -0.1) is 0 Å². The van der Waals surface area contributed by atoms with E-state index in [1.807, 2.05) is 18.2 Å². The minimum Gasteiger partial charge on any atom is -0.465 e. The minimum atomic E-state index is -3.15. The minimum absolute atomic E-state index is 0.0545. The van der Waals surface area contributed by atoms with E-state index < -0.39 is 10.0 Å². The predicted octanol–water partition coefficient (Wildman–Crippen LogP) is 1.94. The summed E-state index contributed by atoms with van der Waals surface area (Å²) in [6, 6.07) is 3.87.